The first-order valence-electron chi connectivity index (χ1n) is 6.23. The van der Waals surface area contributed by atoms with E-state index < -0.39 is 15.8 Å². The van der Waals surface area contributed by atoms with Crippen molar-refractivity contribution in [2.75, 3.05) is 0 Å². The number of H-pyrrole nitrogens is 1. The van der Waals surface area contributed by atoms with Crippen molar-refractivity contribution in [1.82, 2.24) is 14.7 Å². The summed E-state index contributed by atoms with van der Waals surface area (Å²) >= 11 is 0. The lowest BCUT2D eigenvalue weighted by Gasteiger charge is -2.06. The van der Waals surface area contributed by atoms with Gasteiger partial charge in [0.05, 0.1) is 0 Å². The monoisotopic (exact) mass is 305 g/mol. The second-order valence-electron chi connectivity index (χ2n) is 4.47. The van der Waals surface area contributed by atoms with Crippen LogP contribution in [0.3, 0.4) is 0 Å². The van der Waals surface area contributed by atoms with Crippen molar-refractivity contribution >= 4 is 21.1 Å². The van der Waals surface area contributed by atoms with Gasteiger partial charge in [0.15, 0.2) is 0 Å². The fourth-order valence-corrected chi connectivity index (χ4v) is 3.21. The third-order valence-electron chi connectivity index (χ3n) is 3.11. The Balaban J connectivity index is 1.89. The van der Waals surface area contributed by atoms with Gasteiger partial charge < -0.3 is 4.98 Å². The zero-order valence-electron chi connectivity index (χ0n) is 10.9. The summed E-state index contributed by atoms with van der Waals surface area (Å²) in [6.07, 6.45) is 2.95. The second-order valence-corrected chi connectivity index (χ2v) is 6.20. The predicted octanol–water partition coefficient (Wildman–Crippen LogP) is 2.18. The number of aromatic amines is 1. The first-order chi connectivity index (χ1) is 10.1. The van der Waals surface area contributed by atoms with Gasteiger partial charge in [-0.3, -0.25) is 0 Å². The van der Waals surface area contributed by atoms with E-state index in [4.69, 9.17) is 0 Å². The van der Waals surface area contributed by atoms with Crippen molar-refractivity contribution in [3.63, 3.8) is 0 Å². The smallest absolute Gasteiger partial charge is 0.243 e. The molecule has 0 saturated carbocycles. The van der Waals surface area contributed by atoms with Gasteiger partial charge in [-0.05, 0) is 18.2 Å². The highest BCUT2D eigenvalue weighted by Gasteiger charge is 2.19. The molecule has 3 rings (SSSR count). The maximum atomic E-state index is 13.5. The van der Waals surface area contributed by atoms with E-state index in [1.54, 1.807) is 30.5 Å². The molecule has 5 nitrogen and oxygen atoms in total. The van der Waals surface area contributed by atoms with Crippen molar-refractivity contribution in [3.8, 4) is 0 Å². The van der Waals surface area contributed by atoms with Crippen LogP contribution in [0, 0.1) is 5.82 Å². The topological polar surface area (TPSA) is 74.8 Å². The molecule has 0 fully saturated rings. The Morgan fingerprint density at radius 2 is 2.00 bits per heavy atom. The fourth-order valence-electron chi connectivity index (χ4n) is 2.05. The molecule has 0 unspecified atom stereocenters. The van der Waals surface area contributed by atoms with Crippen LogP contribution in [0.15, 0.2) is 53.7 Å². The summed E-state index contributed by atoms with van der Waals surface area (Å²) < 4.78 is 40.5. The highest BCUT2D eigenvalue weighted by molar-refractivity contribution is 7.89. The van der Waals surface area contributed by atoms with E-state index >= 15 is 0 Å². The maximum absolute atomic E-state index is 13.5. The van der Waals surface area contributed by atoms with Crippen molar-refractivity contribution in [1.29, 1.82) is 0 Å². The molecule has 0 amide bonds. The van der Waals surface area contributed by atoms with E-state index in [9.17, 15) is 12.8 Å². The highest BCUT2D eigenvalue weighted by Crippen LogP contribution is 2.20. The number of nitrogens with zero attached hydrogens (tertiary/aromatic N) is 1. The van der Waals surface area contributed by atoms with Gasteiger partial charge in [-0.15, -0.1) is 0 Å². The molecule has 2 N–H and O–H groups in total. The Labute approximate surface area is 120 Å². The van der Waals surface area contributed by atoms with E-state index in [-0.39, 0.29) is 11.4 Å². The van der Waals surface area contributed by atoms with Gasteiger partial charge >= 0.3 is 0 Å². The molecule has 0 aliphatic carbocycles. The molecule has 3 aromatic rings. The standard InChI is InChI=1S/C14H12FN3O2S/c15-12-6-2-1-4-10(12)8-18-21(19,20)13-9-17-14-11(13)5-3-7-16-14/h1-7,9,18H,8H2,(H,16,17). The number of halogens is 1. The summed E-state index contributed by atoms with van der Waals surface area (Å²) in [6, 6.07) is 9.36. The molecule has 2 heterocycles. The van der Waals surface area contributed by atoms with E-state index in [0.717, 1.165) is 0 Å². The molecule has 7 heteroatoms. The molecule has 1 aromatic carbocycles. The van der Waals surface area contributed by atoms with Crippen LogP contribution in [-0.4, -0.2) is 18.4 Å². The Bertz CT molecular complexity index is 890. The number of rotatable bonds is 4. The number of hydrogen-bond acceptors (Lipinski definition) is 3. The predicted molar refractivity (Wildman–Crippen MR) is 76.5 cm³/mol. The zero-order chi connectivity index (χ0) is 14.9. The van der Waals surface area contributed by atoms with E-state index in [2.05, 4.69) is 14.7 Å². The third kappa shape index (κ3) is 2.65. The summed E-state index contributed by atoms with van der Waals surface area (Å²) in [6.45, 7) is -0.109. The normalized spacial score (nSPS) is 11.9. The lowest BCUT2D eigenvalue weighted by atomic mass is 10.2. The van der Waals surface area contributed by atoms with Crippen LogP contribution in [0.5, 0.6) is 0 Å². The van der Waals surface area contributed by atoms with Gasteiger partial charge in [0.1, 0.15) is 16.4 Å². The van der Waals surface area contributed by atoms with Crippen LogP contribution in [0.4, 0.5) is 4.39 Å². The minimum Gasteiger partial charge on any atom is -0.345 e. The molecule has 0 radical (unpaired) electrons. The average Bonchev–Trinajstić information content (AvgIpc) is 2.91. The van der Waals surface area contributed by atoms with Crippen LogP contribution in [0.1, 0.15) is 5.56 Å². The SMILES string of the molecule is O=S(=O)(NCc1ccccc1F)c1c[nH]c2ncccc12. The van der Waals surface area contributed by atoms with Crippen molar-refractivity contribution in [2.45, 2.75) is 11.4 Å². The number of sulfonamides is 1. The molecule has 21 heavy (non-hydrogen) atoms. The van der Waals surface area contributed by atoms with Crippen LogP contribution in [0.2, 0.25) is 0 Å². The summed E-state index contributed by atoms with van der Waals surface area (Å²) in [5, 5.41) is 0.499. The van der Waals surface area contributed by atoms with Crippen molar-refractivity contribution in [3.05, 3.63) is 60.2 Å². The molecule has 0 spiro atoms. The Hall–Kier alpha value is -2.25. The van der Waals surface area contributed by atoms with Gasteiger partial charge in [0.25, 0.3) is 0 Å². The minimum atomic E-state index is -3.75. The number of benzene rings is 1. The summed E-state index contributed by atoms with van der Waals surface area (Å²) in [4.78, 5) is 6.94. The summed E-state index contributed by atoms with van der Waals surface area (Å²) in [5.74, 6) is -0.444. The van der Waals surface area contributed by atoms with Gasteiger partial charge in [0.2, 0.25) is 10.0 Å². The number of fused-ring (bicyclic) bond motifs is 1. The number of hydrogen-bond donors (Lipinski definition) is 2. The van der Waals surface area contributed by atoms with Crippen LogP contribution < -0.4 is 4.72 Å². The van der Waals surface area contributed by atoms with Crippen LogP contribution in [0.25, 0.3) is 11.0 Å². The molecule has 0 aliphatic heterocycles. The first-order valence-corrected chi connectivity index (χ1v) is 7.71. The molecular weight excluding hydrogens is 293 g/mol. The lowest BCUT2D eigenvalue weighted by Crippen LogP contribution is -2.23. The van der Waals surface area contributed by atoms with Crippen molar-refractivity contribution in [2.24, 2.45) is 0 Å². The van der Waals surface area contributed by atoms with E-state index in [1.807, 2.05) is 0 Å². The summed E-state index contributed by atoms with van der Waals surface area (Å²) in [5.41, 5.74) is 0.780. The van der Waals surface area contributed by atoms with Gasteiger partial charge in [0, 0.05) is 29.9 Å². The largest absolute Gasteiger partial charge is 0.345 e. The van der Waals surface area contributed by atoms with Gasteiger partial charge in [-0.1, -0.05) is 18.2 Å². The minimum absolute atomic E-state index is 0.0990. The van der Waals surface area contributed by atoms with Crippen LogP contribution in [-0.2, 0) is 16.6 Å². The Kier molecular flexibility index (Phi) is 3.44. The highest BCUT2D eigenvalue weighted by atomic mass is 32.2. The number of aromatic nitrogens is 2. The molecule has 0 aliphatic rings. The first kappa shape index (κ1) is 13.7. The van der Waals surface area contributed by atoms with Crippen LogP contribution >= 0.6 is 0 Å². The van der Waals surface area contributed by atoms with E-state index in [1.165, 1.54) is 18.3 Å². The summed E-state index contributed by atoms with van der Waals surface area (Å²) in [7, 11) is -3.75. The molecule has 2 aromatic heterocycles. The molecular formula is C14H12FN3O2S. The van der Waals surface area contributed by atoms with Crippen molar-refractivity contribution < 1.29 is 12.8 Å². The number of pyridine rings is 1. The Morgan fingerprint density at radius 3 is 2.81 bits per heavy atom. The Morgan fingerprint density at radius 1 is 1.19 bits per heavy atom. The molecule has 0 atom stereocenters. The van der Waals surface area contributed by atoms with Gasteiger partial charge in [-0.2, -0.15) is 0 Å². The molecule has 0 bridgehead atoms. The maximum Gasteiger partial charge on any atom is 0.243 e. The lowest BCUT2D eigenvalue weighted by molar-refractivity contribution is 0.575. The second kappa shape index (κ2) is 5.27. The molecule has 0 saturated heterocycles. The molecule has 108 valence electrons. The third-order valence-corrected chi connectivity index (χ3v) is 4.55. The quantitative estimate of drug-likeness (QED) is 0.776. The van der Waals surface area contributed by atoms with Gasteiger partial charge in [-0.25, -0.2) is 22.5 Å². The fraction of sp³-hybridized carbons (Fsp3) is 0.0714. The zero-order valence-corrected chi connectivity index (χ0v) is 11.7. The average molecular weight is 305 g/mol. The van der Waals surface area contributed by atoms with E-state index in [0.29, 0.717) is 16.6 Å². The number of nitrogens with one attached hydrogen (secondary N) is 2.